The van der Waals surface area contributed by atoms with Crippen LogP contribution in [0.2, 0.25) is 0 Å². The van der Waals surface area contributed by atoms with Gasteiger partial charge in [-0.1, -0.05) is 41.0 Å². The molecular formula is C14H17Br3NO2+. The van der Waals surface area contributed by atoms with E-state index in [-0.39, 0.29) is 57.0 Å². The Labute approximate surface area is 150 Å². The first-order valence-corrected chi connectivity index (χ1v) is 5.46. The van der Waals surface area contributed by atoms with Crippen molar-refractivity contribution >= 4 is 57.0 Å². The minimum atomic E-state index is -0.355. The van der Waals surface area contributed by atoms with E-state index in [9.17, 15) is 4.79 Å². The van der Waals surface area contributed by atoms with Crippen molar-refractivity contribution in [1.82, 2.24) is 0 Å². The third-order valence-electron chi connectivity index (χ3n) is 2.47. The van der Waals surface area contributed by atoms with Gasteiger partial charge in [-0.25, -0.2) is 0 Å². The van der Waals surface area contributed by atoms with Crippen LogP contribution in [0.15, 0.2) is 54.7 Å². The highest BCUT2D eigenvalue weighted by molar-refractivity contribution is 8.93. The molecule has 1 aromatic heterocycles. The predicted octanol–water partition coefficient (Wildman–Crippen LogP) is 4.20. The van der Waals surface area contributed by atoms with Gasteiger partial charge in [0.1, 0.15) is 6.61 Å². The van der Waals surface area contributed by atoms with Gasteiger partial charge in [0.15, 0.2) is 11.9 Å². The van der Waals surface area contributed by atoms with Gasteiger partial charge in [0, 0.05) is 19.1 Å². The summed E-state index contributed by atoms with van der Waals surface area (Å²) in [6.07, 6.45) is 1.34. The van der Waals surface area contributed by atoms with Crippen molar-refractivity contribution in [1.29, 1.82) is 0 Å². The first-order valence-electron chi connectivity index (χ1n) is 5.46. The lowest BCUT2D eigenvalue weighted by Crippen LogP contribution is -2.45. The average Bonchev–Trinajstić information content (AvgIpc) is 2.38. The van der Waals surface area contributed by atoms with Crippen LogP contribution >= 0.6 is 50.9 Å². The van der Waals surface area contributed by atoms with Crippen molar-refractivity contribution in [3.05, 3.63) is 66.0 Å². The molecule has 0 spiro atoms. The van der Waals surface area contributed by atoms with Gasteiger partial charge in [-0.05, 0) is 5.56 Å². The first-order chi connectivity index (χ1) is 8.27. The summed E-state index contributed by atoms with van der Waals surface area (Å²) in [7, 11) is 0. The van der Waals surface area contributed by atoms with E-state index < -0.39 is 0 Å². The second-order valence-corrected chi connectivity index (χ2v) is 3.75. The van der Waals surface area contributed by atoms with Crippen LogP contribution in [0.5, 0.6) is 0 Å². The quantitative estimate of drug-likeness (QED) is 0.616. The third kappa shape index (κ3) is 6.15. The molecule has 0 saturated carbocycles. The van der Waals surface area contributed by atoms with E-state index >= 15 is 0 Å². The molecule has 3 nitrogen and oxygen atoms in total. The fourth-order valence-corrected chi connectivity index (χ4v) is 1.52. The summed E-state index contributed by atoms with van der Waals surface area (Å²) in [5, 5.41) is 0. The maximum atomic E-state index is 11.8. The lowest BCUT2D eigenvalue weighted by atomic mass is 10.2. The van der Waals surface area contributed by atoms with E-state index in [4.69, 9.17) is 4.74 Å². The molecule has 2 rings (SSSR count). The highest BCUT2D eigenvalue weighted by Gasteiger charge is 2.18. The SMILES string of the molecule is Br.Br.Br.Cc1cccc[n+]1C(=O)OCc1ccccc1. The maximum absolute atomic E-state index is 11.8. The number of hydrogen-bond acceptors (Lipinski definition) is 2. The molecule has 0 saturated heterocycles. The summed E-state index contributed by atoms with van der Waals surface area (Å²) in [5.41, 5.74) is 1.83. The van der Waals surface area contributed by atoms with Gasteiger partial charge >= 0.3 is 6.09 Å². The van der Waals surface area contributed by atoms with Gasteiger partial charge < -0.3 is 4.74 Å². The lowest BCUT2D eigenvalue weighted by molar-refractivity contribution is -0.593. The van der Waals surface area contributed by atoms with Gasteiger partial charge in [0.2, 0.25) is 0 Å². The molecule has 0 unspecified atom stereocenters. The zero-order valence-electron chi connectivity index (χ0n) is 10.9. The van der Waals surface area contributed by atoms with Gasteiger partial charge in [-0.3, -0.25) is 0 Å². The maximum Gasteiger partial charge on any atom is 0.602 e. The van der Waals surface area contributed by atoms with Crippen LogP contribution in [0.1, 0.15) is 11.3 Å². The zero-order valence-corrected chi connectivity index (χ0v) is 16.0. The summed E-state index contributed by atoms with van der Waals surface area (Å²) in [4.78, 5) is 11.8. The van der Waals surface area contributed by atoms with Crippen LogP contribution in [-0.4, -0.2) is 6.09 Å². The summed E-state index contributed by atoms with van der Waals surface area (Å²) >= 11 is 0. The highest BCUT2D eigenvalue weighted by atomic mass is 79.9. The summed E-state index contributed by atoms with van der Waals surface area (Å²) < 4.78 is 6.71. The number of halogens is 3. The molecule has 0 radical (unpaired) electrons. The minimum absolute atomic E-state index is 0. The molecule has 0 fully saturated rings. The molecule has 0 amide bonds. The van der Waals surface area contributed by atoms with Crippen molar-refractivity contribution in [3.8, 4) is 0 Å². The number of rotatable bonds is 2. The second kappa shape index (κ2) is 11.0. The number of pyridine rings is 1. The normalized spacial score (nSPS) is 8.45. The van der Waals surface area contributed by atoms with Crippen LogP contribution in [0.3, 0.4) is 0 Å². The predicted molar refractivity (Wildman–Crippen MR) is 94.4 cm³/mol. The van der Waals surface area contributed by atoms with Crippen molar-refractivity contribution in [3.63, 3.8) is 0 Å². The number of ether oxygens (including phenoxy) is 1. The summed E-state index contributed by atoms with van der Waals surface area (Å²) in [6, 6.07) is 15.2. The zero-order chi connectivity index (χ0) is 12.1. The Morgan fingerprint density at radius 2 is 1.60 bits per heavy atom. The summed E-state index contributed by atoms with van der Waals surface area (Å²) in [5.74, 6) is 0. The smallest absolute Gasteiger partial charge is 0.407 e. The monoisotopic (exact) mass is 468 g/mol. The summed E-state index contributed by atoms with van der Waals surface area (Å²) in [6.45, 7) is 2.16. The number of carbonyl (C=O) groups is 1. The van der Waals surface area contributed by atoms with E-state index in [0.29, 0.717) is 6.61 Å². The molecule has 0 aliphatic carbocycles. The Bertz CT molecular complexity index is 521. The fourth-order valence-electron chi connectivity index (χ4n) is 1.52. The molecule has 0 N–H and O–H groups in total. The van der Waals surface area contributed by atoms with E-state index in [1.165, 1.54) is 4.57 Å². The van der Waals surface area contributed by atoms with Crippen molar-refractivity contribution in [2.45, 2.75) is 13.5 Å². The van der Waals surface area contributed by atoms with Crippen molar-refractivity contribution in [2.75, 3.05) is 0 Å². The molecule has 1 aromatic carbocycles. The third-order valence-corrected chi connectivity index (χ3v) is 2.47. The topological polar surface area (TPSA) is 30.2 Å². The Morgan fingerprint density at radius 3 is 2.20 bits per heavy atom. The van der Waals surface area contributed by atoms with E-state index in [1.54, 1.807) is 12.3 Å². The van der Waals surface area contributed by atoms with Crippen molar-refractivity contribution in [2.24, 2.45) is 0 Å². The van der Waals surface area contributed by atoms with Crippen molar-refractivity contribution < 1.29 is 14.1 Å². The number of benzene rings is 1. The van der Waals surface area contributed by atoms with Gasteiger partial charge in [-0.2, -0.15) is 4.79 Å². The standard InChI is InChI=1S/C14H14NO2.3BrH/c1-12-7-5-6-10-15(12)14(16)17-11-13-8-3-2-4-9-13;;;/h2-10H,11H2,1H3;3*1H/q+1;;;. The molecule has 0 aliphatic heterocycles. The Kier molecular flexibility index (Phi) is 11.9. The van der Waals surface area contributed by atoms with Gasteiger partial charge in [0.05, 0.1) is 0 Å². The Hall–Kier alpha value is -0.720. The molecule has 20 heavy (non-hydrogen) atoms. The molecule has 110 valence electrons. The van der Waals surface area contributed by atoms with Gasteiger partial charge in [-0.15, -0.1) is 50.9 Å². The number of nitrogens with zero attached hydrogens (tertiary/aromatic N) is 1. The van der Waals surface area contributed by atoms with Crippen LogP contribution in [0.25, 0.3) is 0 Å². The van der Waals surface area contributed by atoms with Crippen LogP contribution < -0.4 is 4.57 Å². The molecular weight excluding hydrogens is 454 g/mol. The number of hydrogen-bond donors (Lipinski definition) is 0. The first kappa shape index (κ1) is 21.6. The molecule has 0 aliphatic rings. The Morgan fingerprint density at radius 1 is 1.00 bits per heavy atom. The van der Waals surface area contributed by atoms with Crippen LogP contribution in [0.4, 0.5) is 4.79 Å². The Balaban J connectivity index is 0. The lowest BCUT2D eigenvalue weighted by Gasteiger charge is -2.01. The number of carbonyl (C=O) groups excluding carboxylic acids is 1. The molecule has 1 heterocycles. The molecule has 6 heteroatoms. The van der Waals surface area contributed by atoms with E-state index in [2.05, 4.69) is 0 Å². The highest BCUT2D eigenvalue weighted by Crippen LogP contribution is 2.00. The van der Waals surface area contributed by atoms with Crippen LogP contribution in [-0.2, 0) is 11.3 Å². The van der Waals surface area contributed by atoms with E-state index in [0.717, 1.165) is 11.3 Å². The number of aromatic nitrogens is 1. The number of aryl methyl sites for hydroxylation is 1. The van der Waals surface area contributed by atoms with E-state index in [1.807, 2.05) is 49.4 Å². The molecule has 2 aromatic rings. The van der Waals surface area contributed by atoms with Crippen LogP contribution in [0, 0.1) is 6.92 Å². The largest absolute Gasteiger partial charge is 0.602 e. The average molecular weight is 471 g/mol. The fraction of sp³-hybridized carbons (Fsp3) is 0.143. The molecule has 0 bridgehead atoms. The molecule has 0 atom stereocenters. The second-order valence-electron chi connectivity index (χ2n) is 3.75. The minimum Gasteiger partial charge on any atom is -0.407 e. The van der Waals surface area contributed by atoms with Gasteiger partial charge in [0.25, 0.3) is 0 Å².